The molecule has 0 spiro atoms. The summed E-state index contributed by atoms with van der Waals surface area (Å²) in [6.45, 7) is 4.13. The van der Waals surface area contributed by atoms with Gasteiger partial charge in [-0.15, -0.1) is 5.10 Å². The fourth-order valence-corrected chi connectivity index (χ4v) is 2.18. The van der Waals surface area contributed by atoms with E-state index in [1.54, 1.807) is 0 Å². The summed E-state index contributed by atoms with van der Waals surface area (Å²) in [6, 6.07) is 7.00. The molecule has 1 N–H and O–H groups in total. The minimum absolute atomic E-state index is 0.133. The van der Waals surface area contributed by atoms with E-state index in [2.05, 4.69) is 22.4 Å². The Hall–Kier alpha value is -2.44. The van der Waals surface area contributed by atoms with Crippen LogP contribution in [0.3, 0.4) is 0 Å². The maximum Gasteiger partial charge on any atom is 0.328 e. The predicted octanol–water partition coefficient (Wildman–Crippen LogP) is 2.24. The molecule has 0 fully saturated rings. The van der Waals surface area contributed by atoms with Gasteiger partial charge in [0.25, 0.3) is 0 Å². The minimum atomic E-state index is -0.941. The molecule has 118 valence electrons. The van der Waals surface area contributed by atoms with Gasteiger partial charge < -0.3 is 9.84 Å². The summed E-state index contributed by atoms with van der Waals surface area (Å²) < 4.78 is 7.01. The number of ether oxygens (including phenoxy) is 1. The summed E-state index contributed by atoms with van der Waals surface area (Å²) in [4.78, 5) is 11.3. The van der Waals surface area contributed by atoms with Gasteiger partial charge in [-0.1, -0.05) is 32.4 Å². The first-order valence-electron chi connectivity index (χ1n) is 7.37. The van der Waals surface area contributed by atoms with Crippen molar-refractivity contribution < 1.29 is 14.6 Å². The lowest BCUT2D eigenvalue weighted by molar-refractivity contribution is -0.141. The molecule has 22 heavy (non-hydrogen) atoms. The third-order valence-corrected chi connectivity index (χ3v) is 3.38. The quantitative estimate of drug-likeness (QED) is 0.804. The zero-order chi connectivity index (χ0) is 15.9. The molecule has 1 atom stereocenters. The first kappa shape index (κ1) is 15.9. The normalized spacial score (nSPS) is 12.1. The van der Waals surface area contributed by atoms with Crippen molar-refractivity contribution in [3.8, 4) is 5.75 Å². The number of hydrogen-bond acceptors (Lipinski definition) is 5. The molecule has 7 nitrogen and oxygen atoms in total. The number of nitrogens with zero attached hydrogens (tertiary/aromatic N) is 4. The van der Waals surface area contributed by atoms with E-state index in [1.807, 2.05) is 31.2 Å². The van der Waals surface area contributed by atoms with Gasteiger partial charge in [-0.3, -0.25) is 0 Å². The Morgan fingerprint density at radius 2 is 2.23 bits per heavy atom. The van der Waals surface area contributed by atoms with Crippen molar-refractivity contribution in [3.63, 3.8) is 0 Å². The molecule has 1 aromatic heterocycles. The summed E-state index contributed by atoms with van der Waals surface area (Å²) in [5.74, 6) is 0.183. The third kappa shape index (κ3) is 3.81. The Labute approximate surface area is 128 Å². The molecule has 0 amide bonds. The van der Waals surface area contributed by atoms with Crippen molar-refractivity contribution >= 4 is 5.97 Å². The van der Waals surface area contributed by atoms with Gasteiger partial charge in [-0.05, 0) is 41.0 Å². The number of tetrazole rings is 1. The van der Waals surface area contributed by atoms with Gasteiger partial charge >= 0.3 is 5.97 Å². The number of carboxylic acid groups (broad SMARTS) is 1. The molecule has 1 heterocycles. The molecule has 0 aliphatic carbocycles. The van der Waals surface area contributed by atoms with Crippen LogP contribution in [0.15, 0.2) is 24.3 Å². The molecule has 2 aromatic rings. The SMILES string of the molecule is CCCC(C(=O)O)n1nnnc1COc1cccc(CC)c1. The smallest absolute Gasteiger partial charge is 0.328 e. The monoisotopic (exact) mass is 304 g/mol. The standard InChI is InChI=1S/C15H20N4O3/c1-3-6-13(15(20)21)19-14(16-17-18-19)10-22-12-8-5-7-11(4-2)9-12/h5,7-9,13H,3-4,6,10H2,1-2H3,(H,20,21). The number of benzene rings is 1. The van der Waals surface area contributed by atoms with Crippen LogP contribution in [-0.2, 0) is 17.8 Å². The molecule has 0 aliphatic heterocycles. The number of aliphatic carboxylic acids is 1. The Morgan fingerprint density at radius 1 is 1.41 bits per heavy atom. The Balaban J connectivity index is 2.10. The summed E-state index contributed by atoms with van der Waals surface area (Å²) in [7, 11) is 0. The molecule has 1 aromatic carbocycles. The van der Waals surface area contributed by atoms with E-state index in [4.69, 9.17) is 4.74 Å². The summed E-state index contributed by atoms with van der Waals surface area (Å²) in [5.41, 5.74) is 1.17. The number of carboxylic acids is 1. The van der Waals surface area contributed by atoms with E-state index in [-0.39, 0.29) is 6.61 Å². The van der Waals surface area contributed by atoms with Gasteiger partial charge in [0.15, 0.2) is 11.9 Å². The first-order valence-corrected chi connectivity index (χ1v) is 7.37. The van der Waals surface area contributed by atoms with E-state index in [0.29, 0.717) is 12.2 Å². The fourth-order valence-electron chi connectivity index (χ4n) is 2.18. The van der Waals surface area contributed by atoms with E-state index < -0.39 is 12.0 Å². The van der Waals surface area contributed by atoms with Crippen LogP contribution in [0.4, 0.5) is 0 Å². The maximum absolute atomic E-state index is 11.3. The average Bonchev–Trinajstić information content (AvgIpc) is 2.98. The van der Waals surface area contributed by atoms with E-state index in [0.717, 1.165) is 18.6 Å². The molecule has 0 saturated heterocycles. The van der Waals surface area contributed by atoms with Crippen LogP contribution >= 0.6 is 0 Å². The number of aryl methyl sites for hydroxylation is 1. The largest absolute Gasteiger partial charge is 0.486 e. The van der Waals surface area contributed by atoms with E-state index >= 15 is 0 Å². The molecule has 0 aliphatic rings. The summed E-state index contributed by atoms with van der Waals surface area (Å²) >= 11 is 0. The van der Waals surface area contributed by atoms with Gasteiger partial charge in [0.2, 0.25) is 0 Å². The van der Waals surface area contributed by atoms with E-state index in [9.17, 15) is 9.90 Å². The van der Waals surface area contributed by atoms with Crippen molar-refractivity contribution in [2.45, 2.75) is 45.8 Å². The Kier molecular flexibility index (Phi) is 5.46. The van der Waals surface area contributed by atoms with Crippen molar-refractivity contribution in [1.82, 2.24) is 20.2 Å². The van der Waals surface area contributed by atoms with Crippen molar-refractivity contribution in [2.75, 3.05) is 0 Å². The van der Waals surface area contributed by atoms with Crippen LogP contribution < -0.4 is 4.74 Å². The average molecular weight is 304 g/mol. The van der Waals surface area contributed by atoms with Gasteiger partial charge in [0.05, 0.1) is 0 Å². The second-order valence-electron chi connectivity index (χ2n) is 4.97. The van der Waals surface area contributed by atoms with Gasteiger partial charge in [-0.2, -0.15) is 0 Å². The van der Waals surface area contributed by atoms with Crippen LogP contribution in [0.5, 0.6) is 5.75 Å². The maximum atomic E-state index is 11.3. The lowest BCUT2D eigenvalue weighted by Crippen LogP contribution is -2.23. The van der Waals surface area contributed by atoms with Crippen LogP contribution in [0.25, 0.3) is 0 Å². The molecule has 2 rings (SSSR count). The van der Waals surface area contributed by atoms with Gasteiger partial charge in [-0.25, -0.2) is 9.48 Å². The number of aromatic nitrogens is 4. The van der Waals surface area contributed by atoms with Crippen molar-refractivity contribution in [2.24, 2.45) is 0 Å². The first-order chi connectivity index (χ1) is 10.7. The highest BCUT2D eigenvalue weighted by atomic mass is 16.5. The van der Waals surface area contributed by atoms with Crippen molar-refractivity contribution in [1.29, 1.82) is 0 Å². The highest BCUT2D eigenvalue weighted by molar-refractivity contribution is 5.71. The highest BCUT2D eigenvalue weighted by Gasteiger charge is 2.23. The summed E-state index contributed by atoms with van der Waals surface area (Å²) in [6.07, 6.45) is 2.13. The zero-order valence-electron chi connectivity index (χ0n) is 12.8. The molecule has 1 unspecified atom stereocenters. The second kappa shape index (κ2) is 7.53. The molecule has 0 saturated carbocycles. The predicted molar refractivity (Wildman–Crippen MR) is 79.5 cm³/mol. The lowest BCUT2D eigenvalue weighted by Gasteiger charge is -2.13. The van der Waals surface area contributed by atoms with Crippen LogP contribution in [0.2, 0.25) is 0 Å². The minimum Gasteiger partial charge on any atom is -0.486 e. The molecule has 0 radical (unpaired) electrons. The van der Waals surface area contributed by atoms with Crippen LogP contribution in [0.1, 0.15) is 44.1 Å². The van der Waals surface area contributed by atoms with Crippen LogP contribution in [-0.4, -0.2) is 31.3 Å². The zero-order valence-corrected chi connectivity index (χ0v) is 12.8. The Bertz CT molecular complexity index is 627. The molecule has 7 heteroatoms. The number of rotatable bonds is 8. The fraction of sp³-hybridized carbons (Fsp3) is 0.467. The van der Waals surface area contributed by atoms with E-state index in [1.165, 1.54) is 10.2 Å². The molecular weight excluding hydrogens is 284 g/mol. The lowest BCUT2D eigenvalue weighted by atomic mass is 10.1. The highest BCUT2D eigenvalue weighted by Crippen LogP contribution is 2.17. The van der Waals surface area contributed by atoms with Crippen molar-refractivity contribution in [3.05, 3.63) is 35.7 Å². The second-order valence-corrected chi connectivity index (χ2v) is 4.97. The van der Waals surface area contributed by atoms with Gasteiger partial charge in [0.1, 0.15) is 12.4 Å². The number of hydrogen-bond donors (Lipinski definition) is 1. The Morgan fingerprint density at radius 3 is 2.91 bits per heavy atom. The van der Waals surface area contributed by atoms with Gasteiger partial charge in [0, 0.05) is 0 Å². The number of carbonyl (C=O) groups is 1. The summed E-state index contributed by atoms with van der Waals surface area (Å²) in [5, 5.41) is 20.5. The third-order valence-electron chi connectivity index (χ3n) is 3.38. The molecular formula is C15H20N4O3. The topological polar surface area (TPSA) is 90.1 Å². The molecule has 0 bridgehead atoms. The van der Waals surface area contributed by atoms with Crippen LogP contribution in [0, 0.1) is 0 Å².